The number of fused-ring (bicyclic) bond motifs is 1. The molecule has 0 unspecified atom stereocenters. The lowest BCUT2D eigenvalue weighted by molar-refractivity contribution is 0.206. The highest BCUT2D eigenvalue weighted by Gasteiger charge is 2.14. The summed E-state index contributed by atoms with van der Waals surface area (Å²) in [5.41, 5.74) is 2.94. The number of halogens is 1. The number of nitrogens with one attached hydrogen (secondary N) is 1. The zero-order valence-electron chi connectivity index (χ0n) is 11.2. The number of carbonyl (C=O) groups is 1. The SMILES string of the molecule is O=C(O)Nn1c(=O)c(-c2ccccc2)cc2c(Cl)nccc21. The maximum absolute atomic E-state index is 12.6. The standard InChI is InChI=1S/C15H10ClN3O3/c16-13-11-8-10(9-4-2-1-3-5-9)14(20)19(18-15(21)22)12(11)6-7-17-13/h1-8,18H,(H,21,22). The van der Waals surface area contributed by atoms with E-state index < -0.39 is 11.7 Å². The quantitative estimate of drug-likeness (QED) is 0.712. The fraction of sp³-hybridized carbons (Fsp3) is 0. The number of carboxylic acid groups (broad SMARTS) is 1. The summed E-state index contributed by atoms with van der Waals surface area (Å²) >= 11 is 6.08. The van der Waals surface area contributed by atoms with Crippen LogP contribution in [0.5, 0.6) is 0 Å². The van der Waals surface area contributed by atoms with Crippen molar-refractivity contribution in [1.82, 2.24) is 9.66 Å². The van der Waals surface area contributed by atoms with Crippen molar-refractivity contribution in [2.75, 3.05) is 5.43 Å². The van der Waals surface area contributed by atoms with E-state index in [9.17, 15) is 9.59 Å². The number of benzene rings is 1. The molecule has 110 valence electrons. The Hall–Kier alpha value is -2.86. The molecule has 2 N–H and O–H groups in total. The van der Waals surface area contributed by atoms with Gasteiger partial charge in [0.2, 0.25) is 0 Å². The maximum atomic E-state index is 12.6. The summed E-state index contributed by atoms with van der Waals surface area (Å²) in [6, 6.07) is 12.1. The molecule has 1 aromatic carbocycles. The second-order valence-corrected chi connectivity index (χ2v) is 4.87. The van der Waals surface area contributed by atoms with E-state index in [1.165, 1.54) is 12.3 Å². The Morgan fingerprint density at radius 1 is 1.23 bits per heavy atom. The molecule has 3 aromatic rings. The Morgan fingerprint density at radius 2 is 1.95 bits per heavy atom. The number of amides is 1. The zero-order valence-corrected chi connectivity index (χ0v) is 11.9. The van der Waals surface area contributed by atoms with Crippen molar-refractivity contribution in [2.24, 2.45) is 0 Å². The lowest BCUT2D eigenvalue weighted by Gasteiger charge is -2.12. The van der Waals surface area contributed by atoms with Gasteiger partial charge in [0.1, 0.15) is 5.15 Å². The number of aromatic nitrogens is 2. The lowest BCUT2D eigenvalue weighted by Crippen LogP contribution is -2.33. The smallest absolute Gasteiger partial charge is 0.424 e. The Kier molecular flexibility index (Phi) is 3.52. The third kappa shape index (κ3) is 2.40. The van der Waals surface area contributed by atoms with E-state index in [-0.39, 0.29) is 5.15 Å². The van der Waals surface area contributed by atoms with Crippen LogP contribution in [0.1, 0.15) is 0 Å². The van der Waals surface area contributed by atoms with E-state index in [0.717, 1.165) is 4.68 Å². The van der Waals surface area contributed by atoms with E-state index in [0.29, 0.717) is 22.0 Å². The Bertz CT molecular complexity index is 922. The molecule has 1 amide bonds. The summed E-state index contributed by atoms with van der Waals surface area (Å²) in [6.45, 7) is 0. The molecule has 7 heteroatoms. The molecule has 0 atom stereocenters. The van der Waals surface area contributed by atoms with Gasteiger partial charge in [0.15, 0.2) is 0 Å². The third-order valence-corrected chi connectivity index (χ3v) is 3.47. The van der Waals surface area contributed by atoms with Crippen LogP contribution < -0.4 is 11.0 Å². The summed E-state index contributed by atoms with van der Waals surface area (Å²) in [5.74, 6) is 0. The van der Waals surface area contributed by atoms with Crippen LogP contribution in [0.3, 0.4) is 0 Å². The molecule has 0 aliphatic rings. The van der Waals surface area contributed by atoms with Crippen LogP contribution in [-0.4, -0.2) is 20.9 Å². The van der Waals surface area contributed by atoms with Crippen molar-refractivity contribution in [3.05, 3.63) is 64.2 Å². The van der Waals surface area contributed by atoms with Gasteiger partial charge in [-0.25, -0.2) is 19.9 Å². The van der Waals surface area contributed by atoms with Crippen molar-refractivity contribution >= 4 is 28.6 Å². The summed E-state index contributed by atoms with van der Waals surface area (Å²) in [4.78, 5) is 27.5. The van der Waals surface area contributed by atoms with Crippen LogP contribution in [0.4, 0.5) is 4.79 Å². The first-order valence-electron chi connectivity index (χ1n) is 6.33. The normalized spacial score (nSPS) is 10.6. The Labute approximate surface area is 129 Å². The number of nitrogens with zero attached hydrogens (tertiary/aromatic N) is 2. The van der Waals surface area contributed by atoms with Crippen molar-refractivity contribution in [3.63, 3.8) is 0 Å². The fourth-order valence-corrected chi connectivity index (χ4v) is 2.44. The summed E-state index contributed by atoms with van der Waals surface area (Å²) in [6.07, 6.45) is 0.0633. The summed E-state index contributed by atoms with van der Waals surface area (Å²) in [5, 5.41) is 9.64. The average Bonchev–Trinajstić information content (AvgIpc) is 2.51. The van der Waals surface area contributed by atoms with Crippen LogP contribution >= 0.6 is 11.6 Å². The number of pyridine rings is 2. The summed E-state index contributed by atoms with van der Waals surface area (Å²) < 4.78 is 0.952. The van der Waals surface area contributed by atoms with Crippen LogP contribution in [0.2, 0.25) is 5.15 Å². The first-order valence-corrected chi connectivity index (χ1v) is 6.71. The average molecular weight is 316 g/mol. The minimum absolute atomic E-state index is 0.190. The lowest BCUT2D eigenvalue weighted by atomic mass is 10.1. The van der Waals surface area contributed by atoms with Crippen molar-refractivity contribution in [1.29, 1.82) is 0 Å². The predicted molar refractivity (Wildman–Crippen MR) is 83.8 cm³/mol. The highest BCUT2D eigenvalue weighted by Crippen LogP contribution is 2.24. The molecule has 6 nitrogen and oxygen atoms in total. The molecule has 3 rings (SSSR count). The minimum atomic E-state index is -1.35. The van der Waals surface area contributed by atoms with E-state index in [2.05, 4.69) is 10.4 Å². The van der Waals surface area contributed by atoms with Gasteiger partial charge in [-0.2, -0.15) is 0 Å². The third-order valence-electron chi connectivity index (χ3n) is 3.17. The molecular formula is C15H10ClN3O3. The minimum Gasteiger partial charge on any atom is -0.464 e. The van der Waals surface area contributed by atoms with Gasteiger partial charge in [0.05, 0.1) is 5.52 Å². The molecule has 0 aliphatic carbocycles. The summed E-state index contributed by atoms with van der Waals surface area (Å²) in [7, 11) is 0. The number of hydrogen-bond donors (Lipinski definition) is 2. The van der Waals surface area contributed by atoms with Crippen LogP contribution in [-0.2, 0) is 0 Å². The molecule has 0 bridgehead atoms. The van der Waals surface area contributed by atoms with E-state index in [4.69, 9.17) is 16.7 Å². The molecule has 0 radical (unpaired) electrons. The maximum Gasteiger partial charge on any atom is 0.424 e. The van der Waals surface area contributed by atoms with Gasteiger partial charge in [-0.15, -0.1) is 0 Å². The zero-order chi connectivity index (χ0) is 15.7. The Morgan fingerprint density at radius 3 is 2.64 bits per heavy atom. The number of rotatable bonds is 2. The monoisotopic (exact) mass is 315 g/mol. The predicted octanol–water partition coefficient (Wildman–Crippen LogP) is 2.94. The second-order valence-electron chi connectivity index (χ2n) is 4.52. The van der Waals surface area contributed by atoms with Gasteiger partial charge < -0.3 is 5.11 Å². The molecule has 2 heterocycles. The van der Waals surface area contributed by atoms with E-state index in [1.54, 1.807) is 30.3 Å². The van der Waals surface area contributed by atoms with E-state index >= 15 is 0 Å². The first kappa shape index (κ1) is 14.1. The molecule has 22 heavy (non-hydrogen) atoms. The van der Waals surface area contributed by atoms with Gasteiger partial charge in [-0.3, -0.25) is 4.79 Å². The van der Waals surface area contributed by atoms with Gasteiger partial charge in [-0.1, -0.05) is 41.9 Å². The molecule has 0 spiro atoms. The Balaban J connectivity index is 2.40. The fourth-order valence-electron chi connectivity index (χ4n) is 2.23. The van der Waals surface area contributed by atoms with E-state index in [1.807, 2.05) is 6.07 Å². The van der Waals surface area contributed by atoms with Crippen LogP contribution in [0, 0.1) is 0 Å². The van der Waals surface area contributed by atoms with Gasteiger partial charge in [0, 0.05) is 17.1 Å². The van der Waals surface area contributed by atoms with Crippen LogP contribution in [0.15, 0.2) is 53.5 Å². The van der Waals surface area contributed by atoms with Crippen molar-refractivity contribution in [2.45, 2.75) is 0 Å². The van der Waals surface area contributed by atoms with Gasteiger partial charge >= 0.3 is 6.09 Å². The molecule has 0 saturated heterocycles. The van der Waals surface area contributed by atoms with Crippen molar-refractivity contribution in [3.8, 4) is 11.1 Å². The second kappa shape index (κ2) is 5.50. The molecule has 0 aliphatic heterocycles. The molecule has 2 aromatic heterocycles. The van der Waals surface area contributed by atoms with Gasteiger partial charge in [0.25, 0.3) is 5.56 Å². The highest BCUT2D eigenvalue weighted by molar-refractivity contribution is 6.34. The molecule has 0 saturated carbocycles. The largest absolute Gasteiger partial charge is 0.464 e. The van der Waals surface area contributed by atoms with Gasteiger partial charge in [-0.05, 0) is 17.7 Å². The molecular weight excluding hydrogens is 306 g/mol. The highest BCUT2D eigenvalue weighted by atomic mass is 35.5. The first-order chi connectivity index (χ1) is 10.6. The van der Waals surface area contributed by atoms with Crippen LogP contribution in [0.25, 0.3) is 22.0 Å². The topological polar surface area (TPSA) is 84.2 Å². The molecule has 0 fully saturated rings. The number of hydrogen-bond acceptors (Lipinski definition) is 3. The van der Waals surface area contributed by atoms with Crippen molar-refractivity contribution < 1.29 is 9.90 Å².